The second-order valence-electron chi connectivity index (χ2n) is 2.65. The van der Waals surface area contributed by atoms with Crippen LogP contribution in [0.5, 0.6) is 0 Å². The summed E-state index contributed by atoms with van der Waals surface area (Å²) in [4.78, 5) is 2.28. The Bertz CT molecular complexity index is 78.0. The molecule has 1 rings (SSSR count). The van der Waals surface area contributed by atoms with Gasteiger partial charge in [-0.2, -0.15) is 0 Å². The van der Waals surface area contributed by atoms with Gasteiger partial charge in [0, 0.05) is 20.3 Å². The molecule has 0 aliphatic carbocycles. The summed E-state index contributed by atoms with van der Waals surface area (Å²) in [6, 6.07) is 0. The number of likely N-dealkylation sites (tertiary alicyclic amines) is 1. The number of nitrogens with two attached hydrogens (primary N) is 1. The van der Waals surface area contributed by atoms with E-state index in [9.17, 15) is 0 Å². The van der Waals surface area contributed by atoms with Crippen LogP contribution in [0.2, 0.25) is 0 Å². The van der Waals surface area contributed by atoms with E-state index in [0.29, 0.717) is 0 Å². The normalized spacial score (nSPS) is 25.8. The summed E-state index contributed by atoms with van der Waals surface area (Å²) in [7, 11) is 1.00. The maximum absolute atomic E-state index is 7.00. The lowest BCUT2D eigenvalue weighted by Gasteiger charge is -2.09. The summed E-state index contributed by atoms with van der Waals surface area (Å²) in [6.07, 6.45) is 1.33. The molecule has 62 valence electrons. The van der Waals surface area contributed by atoms with Gasteiger partial charge in [0.15, 0.2) is 0 Å². The van der Waals surface area contributed by atoms with Crippen LogP contribution in [0.15, 0.2) is 0 Å². The van der Waals surface area contributed by atoms with Crippen LogP contribution < -0.4 is 5.73 Å². The number of rotatable bonds is 1. The molecule has 3 nitrogen and oxygen atoms in total. The van der Waals surface area contributed by atoms with Crippen molar-refractivity contribution in [3.63, 3.8) is 0 Å². The molecule has 0 aromatic rings. The molecule has 1 heterocycles. The number of hydrogen-bond acceptors (Lipinski definition) is 3. The lowest BCUT2D eigenvalue weighted by molar-refractivity contribution is 0.338. The van der Waals surface area contributed by atoms with Gasteiger partial charge in [-0.3, -0.25) is 4.90 Å². The van der Waals surface area contributed by atoms with E-state index in [2.05, 4.69) is 11.8 Å². The van der Waals surface area contributed by atoms with Crippen molar-refractivity contribution >= 4 is 0 Å². The monoisotopic (exact) mass is 146 g/mol. The van der Waals surface area contributed by atoms with Crippen LogP contribution in [-0.2, 0) is 0 Å². The van der Waals surface area contributed by atoms with Crippen molar-refractivity contribution in [3.05, 3.63) is 0 Å². The van der Waals surface area contributed by atoms with E-state index in [-0.39, 0.29) is 0 Å². The van der Waals surface area contributed by atoms with Gasteiger partial charge >= 0.3 is 0 Å². The molecule has 0 amide bonds. The van der Waals surface area contributed by atoms with Gasteiger partial charge in [-0.1, -0.05) is 6.92 Å². The summed E-state index contributed by atoms with van der Waals surface area (Å²) in [5.74, 6) is 0.874. The second kappa shape index (κ2) is 5.65. The molecule has 1 aliphatic heterocycles. The lowest BCUT2D eigenvalue weighted by Crippen LogP contribution is -2.27. The number of nitrogens with zero attached hydrogens (tertiary/aromatic N) is 1. The molecule has 1 aliphatic rings. The quantitative estimate of drug-likeness (QED) is 0.541. The molecule has 1 atom stereocenters. The Morgan fingerprint density at radius 2 is 2.20 bits per heavy atom. The molecule has 3 N–H and O–H groups in total. The minimum absolute atomic E-state index is 0.740. The van der Waals surface area contributed by atoms with Gasteiger partial charge in [-0.15, -0.1) is 0 Å². The Labute approximate surface area is 62.8 Å². The maximum atomic E-state index is 7.00. The molecule has 0 bridgehead atoms. The Hall–Kier alpha value is -0.120. The zero-order chi connectivity index (χ0) is 7.98. The van der Waals surface area contributed by atoms with Gasteiger partial charge in [0.1, 0.15) is 0 Å². The molecule has 1 saturated heterocycles. The van der Waals surface area contributed by atoms with Gasteiger partial charge in [0.2, 0.25) is 0 Å². The van der Waals surface area contributed by atoms with Gasteiger partial charge < -0.3 is 10.8 Å². The first-order valence-electron chi connectivity index (χ1n) is 3.70. The topological polar surface area (TPSA) is 49.5 Å². The number of aliphatic hydroxyl groups excluding tert-OH is 1. The molecule has 0 saturated carbocycles. The van der Waals surface area contributed by atoms with Crippen LogP contribution >= 0.6 is 0 Å². The SMILES string of the molecule is CC1CCN(CN)C1.CO. The van der Waals surface area contributed by atoms with Crippen molar-refractivity contribution < 1.29 is 5.11 Å². The summed E-state index contributed by atoms with van der Waals surface area (Å²) in [6.45, 7) is 5.42. The molecule has 10 heavy (non-hydrogen) atoms. The highest BCUT2D eigenvalue weighted by atomic mass is 16.2. The van der Waals surface area contributed by atoms with Crippen LogP contribution in [0.25, 0.3) is 0 Å². The largest absolute Gasteiger partial charge is 0.400 e. The van der Waals surface area contributed by atoms with E-state index in [1.54, 1.807) is 0 Å². The van der Waals surface area contributed by atoms with Crippen molar-refractivity contribution in [2.24, 2.45) is 11.7 Å². The Morgan fingerprint density at radius 3 is 2.40 bits per heavy atom. The molecule has 0 aromatic heterocycles. The van der Waals surface area contributed by atoms with Gasteiger partial charge in [0.25, 0.3) is 0 Å². The van der Waals surface area contributed by atoms with Crippen molar-refractivity contribution in [2.75, 3.05) is 26.9 Å². The van der Waals surface area contributed by atoms with Crippen LogP contribution in [0.1, 0.15) is 13.3 Å². The lowest BCUT2D eigenvalue weighted by atomic mass is 10.2. The standard InChI is InChI=1S/C6H14N2.CH4O/c1-6-2-3-8(4-6)5-7;1-2/h6H,2-5,7H2,1H3;2H,1H3. The van der Waals surface area contributed by atoms with Crippen LogP contribution in [0.4, 0.5) is 0 Å². The van der Waals surface area contributed by atoms with Crippen molar-refractivity contribution in [1.82, 2.24) is 4.90 Å². The third-order valence-corrected chi connectivity index (χ3v) is 1.77. The first-order chi connectivity index (χ1) is 4.83. The molecule has 1 fully saturated rings. The second-order valence-corrected chi connectivity index (χ2v) is 2.65. The molecule has 3 heteroatoms. The summed E-state index contributed by atoms with van der Waals surface area (Å²) in [5, 5.41) is 7.00. The van der Waals surface area contributed by atoms with E-state index in [0.717, 1.165) is 19.7 Å². The average molecular weight is 146 g/mol. The minimum atomic E-state index is 0.740. The number of aliphatic hydroxyl groups is 1. The fourth-order valence-electron chi connectivity index (χ4n) is 1.19. The fourth-order valence-corrected chi connectivity index (χ4v) is 1.19. The minimum Gasteiger partial charge on any atom is -0.400 e. The van der Waals surface area contributed by atoms with Gasteiger partial charge in [0.05, 0.1) is 0 Å². The molecule has 1 unspecified atom stereocenters. The zero-order valence-corrected chi connectivity index (χ0v) is 6.88. The van der Waals surface area contributed by atoms with E-state index >= 15 is 0 Å². The smallest absolute Gasteiger partial charge is 0.0455 e. The molecular weight excluding hydrogens is 128 g/mol. The fraction of sp³-hybridized carbons (Fsp3) is 1.00. The predicted octanol–water partition coefficient (Wildman–Crippen LogP) is -0.147. The average Bonchev–Trinajstić information content (AvgIpc) is 2.40. The highest BCUT2D eigenvalue weighted by Crippen LogP contribution is 2.12. The highest BCUT2D eigenvalue weighted by molar-refractivity contribution is 4.69. The third-order valence-electron chi connectivity index (χ3n) is 1.77. The van der Waals surface area contributed by atoms with E-state index < -0.39 is 0 Å². The van der Waals surface area contributed by atoms with Crippen molar-refractivity contribution in [1.29, 1.82) is 0 Å². The molecule has 0 spiro atoms. The number of hydrogen-bond donors (Lipinski definition) is 2. The first kappa shape index (κ1) is 9.88. The van der Waals surface area contributed by atoms with Crippen LogP contribution in [0.3, 0.4) is 0 Å². The maximum Gasteiger partial charge on any atom is 0.0455 e. The Morgan fingerprint density at radius 1 is 1.60 bits per heavy atom. The zero-order valence-electron chi connectivity index (χ0n) is 6.88. The Kier molecular flexibility index (Phi) is 5.58. The molecular formula is C7H18N2O. The van der Waals surface area contributed by atoms with Crippen molar-refractivity contribution in [3.8, 4) is 0 Å². The summed E-state index contributed by atoms with van der Waals surface area (Å²) < 4.78 is 0. The van der Waals surface area contributed by atoms with E-state index in [1.807, 2.05) is 0 Å². The van der Waals surface area contributed by atoms with Gasteiger partial charge in [-0.05, 0) is 18.9 Å². The van der Waals surface area contributed by atoms with E-state index in [1.165, 1.54) is 19.5 Å². The van der Waals surface area contributed by atoms with Gasteiger partial charge in [-0.25, -0.2) is 0 Å². The van der Waals surface area contributed by atoms with Crippen LogP contribution in [-0.4, -0.2) is 36.9 Å². The summed E-state index contributed by atoms with van der Waals surface area (Å²) >= 11 is 0. The Balaban J connectivity index is 0.000000371. The van der Waals surface area contributed by atoms with Crippen LogP contribution in [0, 0.1) is 5.92 Å². The van der Waals surface area contributed by atoms with Crippen molar-refractivity contribution in [2.45, 2.75) is 13.3 Å². The predicted molar refractivity (Wildman–Crippen MR) is 42.6 cm³/mol. The summed E-state index contributed by atoms with van der Waals surface area (Å²) in [5.41, 5.74) is 5.42. The highest BCUT2D eigenvalue weighted by Gasteiger charge is 2.15. The van der Waals surface area contributed by atoms with E-state index in [4.69, 9.17) is 10.8 Å². The molecule has 0 aromatic carbocycles. The molecule has 0 radical (unpaired) electrons. The third kappa shape index (κ3) is 3.15. The first-order valence-corrected chi connectivity index (χ1v) is 3.70.